The van der Waals surface area contributed by atoms with Crippen LogP contribution in [-0.4, -0.2) is 30.8 Å². The van der Waals surface area contributed by atoms with Crippen molar-refractivity contribution in [3.63, 3.8) is 0 Å². The lowest BCUT2D eigenvalue weighted by Crippen LogP contribution is -2.19. The summed E-state index contributed by atoms with van der Waals surface area (Å²) in [7, 11) is 1.31. The van der Waals surface area contributed by atoms with Gasteiger partial charge in [0.15, 0.2) is 0 Å². The van der Waals surface area contributed by atoms with Crippen LogP contribution in [0.15, 0.2) is 12.3 Å². The van der Waals surface area contributed by atoms with E-state index in [1.54, 1.807) is 6.92 Å². The summed E-state index contributed by atoms with van der Waals surface area (Å²) in [6.45, 7) is 2.08. The summed E-state index contributed by atoms with van der Waals surface area (Å²) in [6, 6.07) is 0. The Balaban J connectivity index is 3.37. The van der Waals surface area contributed by atoms with Crippen molar-refractivity contribution in [1.29, 1.82) is 0 Å². The summed E-state index contributed by atoms with van der Waals surface area (Å²) in [5.41, 5.74) is 0. The minimum absolute atomic E-state index is 0.414. The van der Waals surface area contributed by atoms with E-state index in [1.807, 2.05) is 0 Å². The van der Waals surface area contributed by atoms with Crippen molar-refractivity contribution in [2.24, 2.45) is 0 Å². The van der Waals surface area contributed by atoms with Gasteiger partial charge in [0.1, 0.15) is 0 Å². The number of esters is 1. The van der Waals surface area contributed by atoms with Gasteiger partial charge >= 0.3 is 5.97 Å². The molecule has 0 aliphatic carbocycles. The third-order valence-corrected chi connectivity index (χ3v) is 0.952. The SMILES string of the molecule is COC(=O)C=CNCC(C)O. The molecule has 1 atom stereocenters. The number of rotatable bonds is 4. The van der Waals surface area contributed by atoms with Crippen LogP contribution in [0.25, 0.3) is 0 Å². The van der Waals surface area contributed by atoms with Gasteiger partial charge in [0.2, 0.25) is 0 Å². The van der Waals surface area contributed by atoms with Crippen LogP contribution in [0.2, 0.25) is 0 Å². The van der Waals surface area contributed by atoms with Gasteiger partial charge in [-0.1, -0.05) is 0 Å². The fraction of sp³-hybridized carbons (Fsp3) is 0.571. The molecule has 2 N–H and O–H groups in total. The molecule has 0 aromatic heterocycles. The van der Waals surface area contributed by atoms with Crippen LogP contribution in [0, 0.1) is 0 Å². The van der Waals surface area contributed by atoms with Crippen LogP contribution < -0.4 is 5.32 Å². The van der Waals surface area contributed by atoms with Crippen molar-refractivity contribution >= 4 is 5.97 Å². The zero-order chi connectivity index (χ0) is 8.69. The van der Waals surface area contributed by atoms with Gasteiger partial charge in [-0.3, -0.25) is 0 Å². The van der Waals surface area contributed by atoms with E-state index in [0.29, 0.717) is 6.54 Å². The van der Waals surface area contributed by atoms with E-state index >= 15 is 0 Å². The number of hydrogen-bond donors (Lipinski definition) is 2. The Bertz CT molecular complexity index is 143. The van der Waals surface area contributed by atoms with E-state index in [0.717, 1.165) is 0 Å². The zero-order valence-electron chi connectivity index (χ0n) is 6.70. The monoisotopic (exact) mass is 159 g/mol. The molecule has 0 radical (unpaired) electrons. The molecule has 11 heavy (non-hydrogen) atoms. The second kappa shape index (κ2) is 5.73. The molecule has 0 spiro atoms. The van der Waals surface area contributed by atoms with Gasteiger partial charge in [-0.2, -0.15) is 0 Å². The number of carbonyl (C=O) groups excluding carboxylic acids is 1. The van der Waals surface area contributed by atoms with E-state index in [4.69, 9.17) is 5.11 Å². The van der Waals surface area contributed by atoms with Crippen molar-refractivity contribution in [2.45, 2.75) is 13.0 Å². The Kier molecular flexibility index (Phi) is 5.20. The highest BCUT2D eigenvalue weighted by atomic mass is 16.5. The summed E-state index contributed by atoms with van der Waals surface area (Å²) in [5, 5.41) is 11.5. The van der Waals surface area contributed by atoms with Crippen LogP contribution in [0.1, 0.15) is 6.92 Å². The van der Waals surface area contributed by atoms with Gasteiger partial charge < -0.3 is 15.2 Å². The molecule has 64 valence electrons. The lowest BCUT2D eigenvalue weighted by atomic mass is 10.4. The van der Waals surface area contributed by atoms with Gasteiger partial charge in [0.25, 0.3) is 0 Å². The largest absolute Gasteiger partial charge is 0.466 e. The number of aliphatic hydroxyl groups is 1. The summed E-state index contributed by atoms with van der Waals surface area (Å²) < 4.78 is 4.33. The predicted octanol–water partition coefficient (Wildman–Crippen LogP) is -0.357. The molecule has 0 rings (SSSR count). The third kappa shape index (κ3) is 6.86. The Labute approximate surface area is 65.9 Å². The van der Waals surface area contributed by atoms with Gasteiger partial charge in [-0.15, -0.1) is 0 Å². The van der Waals surface area contributed by atoms with Crippen LogP contribution in [-0.2, 0) is 9.53 Å². The van der Waals surface area contributed by atoms with E-state index in [9.17, 15) is 4.79 Å². The molecule has 0 bridgehead atoms. The highest BCUT2D eigenvalue weighted by Crippen LogP contribution is 1.77. The summed E-state index contributed by atoms with van der Waals surface area (Å²) >= 11 is 0. The van der Waals surface area contributed by atoms with Crippen molar-refractivity contribution in [3.8, 4) is 0 Å². The normalized spacial score (nSPS) is 13.0. The highest BCUT2D eigenvalue weighted by Gasteiger charge is 1.91. The maximum absolute atomic E-state index is 10.4. The first-order valence-corrected chi connectivity index (χ1v) is 3.32. The highest BCUT2D eigenvalue weighted by molar-refractivity contribution is 5.81. The number of carbonyl (C=O) groups is 1. The fourth-order valence-corrected chi connectivity index (χ4v) is 0.434. The lowest BCUT2D eigenvalue weighted by Gasteiger charge is -2.01. The average Bonchev–Trinajstić information content (AvgIpc) is 1.97. The molecule has 4 nitrogen and oxygen atoms in total. The number of ether oxygens (including phenoxy) is 1. The van der Waals surface area contributed by atoms with Crippen molar-refractivity contribution in [2.75, 3.05) is 13.7 Å². The molecule has 0 aliphatic heterocycles. The maximum atomic E-state index is 10.4. The molecule has 0 fully saturated rings. The first-order chi connectivity index (χ1) is 5.16. The van der Waals surface area contributed by atoms with E-state index in [-0.39, 0.29) is 0 Å². The molecular weight excluding hydrogens is 146 g/mol. The van der Waals surface area contributed by atoms with Gasteiger partial charge in [-0.05, 0) is 6.92 Å². The van der Waals surface area contributed by atoms with Gasteiger partial charge in [0.05, 0.1) is 13.2 Å². The second-order valence-electron chi connectivity index (χ2n) is 2.11. The number of aliphatic hydroxyl groups excluding tert-OH is 1. The zero-order valence-corrected chi connectivity index (χ0v) is 6.70. The minimum Gasteiger partial charge on any atom is -0.466 e. The van der Waals surface area contributed by atoms with Gasteiger partial charge in [-0.25, -0.2) is 4.79 Å². The van der Waals surface area contributed by atoms with E-state index in [2.05, 4.69) is 10.1 Å². The van der Waals surface area contributed by atoms with Crippen LogP contribution in [0.3, 0.4) is 0 Å². The summed E-state index contributed by atoms with van der Waals surface area (Å²) in [6.07, 6.45) is 2.28. The second-order valence-corrected chi connectivity index (χ2v) is 2.11. The topological polar surface area (TPSA) is 58.6 Å². The van der Waals surface area contributed by atoms with E-state index < -0.39 is 12.1 Å². The summed E-state index contributed by atoms with van der Waals surface area (Å²) in [5.74, 6) is -0.414. The molecule has 0 saturated heterocycles. The molecule has 0 aliphatic rings. The predicted molar refractivity (Wildman–Crippen MR) is 40.8 cm³/mol. The standard InChI is InChI=1S/C7H13NO3/c1-6(9)5-8-4-3-7(10)11-2/h3-4,6,8-9H,5H2,1-2H3. The quantitative estimate of drug-likeness (QED) is 0.434. The number of hydrogen-bond acceptors (Lipinski definition) is 4. The van der Waals surface area contributed by atoms with Gasteiger partial charge in [0, 0.05) is 18.8 Å². The Morgan fingerprint density at radius 1 is 1.82 bits per heavy atom. The number of methoxy groups -OCH3 is 1. The Morgan fingerprint density at radius 2 is 2.45 bits per heavy atom. The molecule has 0 aromatic rings. The Hall–Kier alpha value is -1.03. The molecule has 4 heteroatoms. The van der Waals surface area contributed by atoms with E-state index in [1.165, 1.54) is 19.4 Å². The van der Waals surface area contributed by atoms with Crippen molar-refractivity contribution in [3.05, 3.63) is 12.3 Å². The number of nitrogens with one attached hydrogen (secondary N) is 1. The minimum atomic E-state index is -0.419. The van der Waals surface area contributed by atoms with Crippen LogP contribution >= 0.6 is 0 Å². The molecule has 0 aromatic carbocycles. The third-order valence-electron chi connectivity index (χ3n) is 0.952. The molecule has 0 saturated carbocycles. The van der Waals surface area contributed by atoms with Crippen molar-refractivity contribution in [1.82, 2.24) is 5.32 Å². The summed E-state index contributed by atoms with van der Waals surface area (Å²) in [4.78, 5) is 10.4. The van der Waals surface area contributed by atoms with Crippen LogP contribution in [0.5, 0.6) is 0 Å². The lowest BCUT2D eigenvalue weighted by molar-refractivity contribution is -0.134. The molecule has 0 amide bonds. The smallest absolute Gasteiger partial charge is 0.331 e. The van der Waals surface area contributed by atoms with Crippen molar-refractivity contribution < 1.29 is 14.6 Å². The Morgan fingerprint density at radius 3 is 2.91 bits per heavy atom. The first kappa shape index (κ1) is 9.97. The van der Waals surface area contributed by atoms with Crippen LogP contribution in [0.4, 0.5) is 0 Å². The average molecular weight is 159 g/mol. The molecule has 0 heterocycles. The first-order valence-electron chi connectivity index (χ1n) is 3.32. The molecular formula is C7H13NO3. The molecule has 1 unspecified atom stereocenters. The maximum Gasteiger partial charge on any atom is 0.331 e. The fourth-order valence-electron chi connectivity index (χ4n) is 0.434.